The molecule has 0 aromatic carbocycles. The van der Waals surface area contributed by atoms with E-state index in [1.807, 2.05) is 0 Å². The maximum Gasteiger partial charge on any atom is 0.325 e. The lowest BCUT2D eigenvalue weighted by molar-refractivity contribution is -0.147. The first-order chi connectivity index (χ1) is 8.36. The van der Waals surface area contributed by atoms with Crippen molar-refractivity contribution in [1.29, 1.82) is 0 Å². The van der Waals surface area contributed by atoms with Crippen LogP contribution in [0.2, 0.25) is 0 Å². The highest BCUT2D eigenvalue weighted by Gasteiger charge is 2.52. The number of nitrogens with zero attached hydrogens (tertiary/aromatic N) is 2. The molecule has 1 fully saturated rings. The molecule has 0 aromatic rings. The highest BCUT2D eigenvalue weighted by molar-refractivity contribution is 7.86. The zero-order valence-electron chi connectivity index (χ0n) is 11.2. The van der Waals surface area contributed by atoms with Crippen molar-refractivity contribution in [1.82, 2.24) is 8.61 Å². The quantitative estimate of drug-likeness (QED) is 0.783. The second-order valence-corrected chi connectivity index (χ2v) is 6.31. The van der Waals surface area contributed by atoms with Crippen LogP contribution in [0.15, 0.2) is 0 Å². The van der Waals surface area contributed by atoms with Gasteiger partial charge < -0.3 is 5.11 Å². The van der Waals surface area contributed by atoms with Crippen LogP contribution in [0, 0.1) is 0 Å². The molecule has 1 aliphatic rings. The van der Waals surface area contributed by atoms with E-state index in [1.54, 1.807) is 20.8 Å². The Hall–Kier alpha value is -0.660. The maximum atomic E-state index is 12.5. The number of carboxylic acids is 1. The molecule has 1 rings (SSSR count). The standard InChI is InChI=1S/C11H22N2O4S/c1-4-11(10(14)15)8-7-9-13(11)18(16,17)12(5-2)6-3/h4-9H2,1-3H3,(H,14,15). The Morgan fingerprint density at radius 1 is 1.33 bits per heavy atom. The molecule has 0 radical (unpaired) electrons. The van der Waals surface area contributed by atoms with Gasteiger partial charge in [-0.1, -0.05) is 20.8 Å². The summed E-state index contributed by atoms with van der Waals surface area (Å²) in [6.07, 6.45) is 1.28. The molecule has 1 aliphatic heterocycles. The van der Waals surface area contributed by atoms with E-state index in [1.165, 1.54) is 8.61 Å². The molecule has 1 atom stereocenters. The number of rotatable bonds is 6. The topological polar surface area (TPSA) is 77.9 Å². The molecule has 1 heterocycles. The lowest BCUT2D eigenvalue weighted by Gasteiger charge is -2.35. The van der Waals surface area contributed by atoms with Gasteiger partial charge in [-0.3, -0.25) is 4.79 Å². The predicted molar refractivity (Wildman–Crippen MR) is 68.4 cm³/mol. The molecular weight excluding hydrogens is 256 g/mol. The van der Waals surface area contributed by atoms with Crippen molar-refractivity contribution in [3.8, 4) is 0 Å². The monoisotopic (exact) mass is 278 g/mol. The third-order valence-corrected chi connectivity index (χ3v) is 5.98. The Morgan fingerprint density at radius 2 is 1.89 bits per heavy atom. The van der Waals surface area contributed by atoms with Gasteiger partial charge in [0.05, 0.1) is 0 Å². The van der Waals surface area contributed by atoms with Crippen LogP contribution in [-0.2, 0) is 15.0 Å². The van der Waals surface area contributed by atoms with Crippen molar-refractivity contribution in [2.24, 2.45) is 0 Å². The molecule has 0 amide bonds. The fraction of sp³-hybridized carbons (Fsp3) is 0.909. The molecular formula is C11H22N2O4S. The van der Waals surface area contributed by atoms with Crippen LogP contribution in [0.1, 0.15) is 40.0 Å². The molecule has 7 heteroatoms. The minimum Gasteiger partial charge on any atom is -0.480 e. The summed E-state index contributed by atoms with van der Waals surface area (Å²) in [6, 6.07) is 0. The number of carboxylic acid groups (broad SMARTS) is 1. The number of carbonyl (C=O) groups is 1. The largest absolute Gasteiger partial charge is 0.480 e. The van der Waals surface area contributed by atoms with Crippen LogP contribution < -0.4 is 0 Å². The summed E-state index contributed by atoms with van der Waals surface area (Å²) in [5.74, 6) is -1.04. The normalized spacial score (nSPS) is 25.8. The van der Waals surface area contributed by atoms with Gasteiger partial charge in [-0.15, -0.1) is 0 Å². The van der Waals surface area contributed by atoms with Gasteiger partial charge in [0.2, 0.25) is 0 Å². The van der Waals surface area contributed by atoms with Gasteiger partial charge in [0.1, 0.15) is 5.54 Å². The van der Waals surface area contributed by atoms with E-state index < -0.39 is 21.7 Å². The van der Waals surface area contributed by atoms with Crippen molar-refractivity contribution in [2.45, 2.75) is 45.6 Å². The van der Waals surface area contributed by atoms with E-state index in [2.05, 4.69) is 0 Å². The molecule has 1 saturated heterocycles. The van der Waals surface area contributed by atoms with Gasteiger partial charge in [-0.05, 0) is 19.3 Å². The lowest BCUT2D eigenvalue weighted by Crippen LogP contribution is -2.56. The summed E-state index contributed by atoms with van der Waals surface area (Å²) in [5, 5.41) is 9.40. The first-order valence-electron chi connectivity index (χ1n) is 6.38. The van der Waals surface area contributed by atoms with Crippen LogP contribution in [0.4, 0.5) is 0 Å². The third-order valence-electron chi connectivity index (χ3n) is 3.72. The molecule has 0 aromatic heterocycles. The fourth-order valence-corrected chi connectivity index (χ4v) is 4.63. The molecule has 1 N–H and O–H groups in total. The van der Waals surface area contributed by atoms with E-state index in [9.17, 15) is 18.3 Å². The molecule has 1 unspecified atom stereocenters. The summed E-state index contributed by atoms with van der Waals surface area (Å²) in [4.78, 5) is 11.5. The molecule has 0 bridgehead atoms. The first kappa shape index (κ1) is 15.4. The van der Waals surface area contributed by atoms with E-state index in [0.717, 1.165) is 0 Å². The average Bonchev–Trinajstić information content (AvgIpc) is 2.75. The smallest absolute Gasteiger partial charge is 0.325 e. The molecule has 18 heavy (non-hydrogen) atoms. The van der Waals surface area contributed by atoms with E-state index in [4.69, 9.17) is 0 Å². The Morgan fingerprint density at radius 3 is 2.28 bits per heavy atom. The summed E-state index contributed by atoms with van der Waals surface area (Å²) < 4.78 is 27.4. The van der Waals surface area contributed by atoms with Gasteiger partial charge in [0, 0.05) is 19.6 Å². The first-order valence-corrected chi connectivity index (χ1v) is 7.77. The minimum absolute atomic E-state index is 0.291. The van der Waals surface area contributed by atoms with Crippen molar-refractivity contribution in [3.63, 3.8) is 0 Å². The zero-order chi connectivity index (χ0) is 14.0. The van der Waals surface area contributed by atoms with Crippen molar-refractivity contribution in [2.75, 3.05) is 19.6 Å². The predicted octanol–water partition coefficient (Wildman–Crippen LogP) is 0.902. The second-order valence-electron chi connectivity index (χ2n) is 4.46. The number of hydrogen-bond acceptors (Lipinski definition) is 3. The summed E-state index contributed by atoms with van der Waals surface area (Å²) in [6.45, 7) is 6.24. The zero-order valence-corrected chi connectivity index (χ0v) is 12.0. The van der Waals surface area contributed by atoms with Crippen LogP contribution in [0.25, 0.3) is 0 Å². The van der Waals surface area contributed by atoms with Gasteiger partial charge in [0.25, 0.3) is 10.2 Å². The molecule has 6 nitrogen and oxygen atoms in total. The second kappa shape index (κ2) is 5.54. The molecule has 0 spiro atoms. The Kier molecular flexibility index (Phi) is 4.74. The highest BCUT2D eigenvalue weighted by Crippen LogP contribution is 2.36. The van der Waals surface area contributed by atoms with Crippen LogP contribution >= 0.6 is 0 Å². The van der Waals surface area contributed by atoms with Gasteiger partial charge in [0.15, 0.2) is 0 Å². The Bertz CT molecular complexity index is 405. The number of aliphatic carboxylic acids is 1. The average molecular weight is 278 g/mol. The van der Waals surface area contributed by atoms with Crippen LogP contribution in [-0.4, -0.2) is 53.3 Å². The SMILES string of the molecule is CCN(CC)S(=O)(=O)N1CCCC1(CC)C(=O)O. The van der Waals surface area contributed by atoms with Gasteiger partial charge in [-0.2, -0.15) is 17.0 Å². The van der Waals surface area contributed by atoms with Crippen LogP contribution in [0.3, 0.4) is 0 Å². The summed E-state index contributed by atoms with van der Waals surface area (Å²) in [7, 11) is -3.68. The Labute approximate surface area is 109 Å². The summed E-state index contributed by atoms with van der Waals surface area (Å²) >= 11 is 0. The van der Waals surface area contributed by atoms with E-state index in [0.29, 0.717) is 38.9 Å². The van der Waals surface area contributed by atoms with Crippen molar-refractivity contribution < 1.29 is 18.3 Å². The van der Waals surface area contributed by atoms with Crippen LogP contribution in [0.5, 0.6) is 0 Å². The molecule has 0 saturated carbocycles. The van der Waals surface area contributed by atoms with Gasteiger partial charge >= 0.3 is 5.97 Å². The molecule has 106 valence electrons. The van der Waals surface area contributed by atoms with E-state index in [-0.39, 0.29) is 0 Å². The van der Waals surface area contributed by atoms with Gasteiger partial charge in [-0.25, -0.2) is 0 Å². The third kappa shape index (κ3) is 2.26. The van der Waals surface area contributed by atoms with Crippen molar-refractivity contribution in [3.05, 3.63) is 0 Å². The fourth-order valence-electron chi connectivity index (χ4n) is 2.60. The van der Waals surface area contributed by atoms with E-state index >= 15 is 0 Å². The molecule has 0 aliphatic carbocycles. The maximum absolute atomic E-state index is 12.5. The minimum atomic E-state index is -3.68. The highest BCUT2D eigenvalue weighted by atomic mass is 32.2. The summed E-state index contributed by atoms with van der Waals surface area (Å²) in [5.41, 5.74) is -1.26. The number of hydrogen-bond donors (Lipinski definition) is 1. The Balaban J connectivity index is 3.18. The van der Waals surface area contributed by atoms with Crippen molar-refractivity contribution >= 4 is 16.2 Å². The lowest BCUT2D eigenvalue weighted by atomic mass is 9.95.